The molecule has 3 rings (SSSR count). The van der Waals surface area contributed by atoms with Crippen molar-refractivity contribution in [3.05, 3.63) is 88.3 Å². The van der Waals surface area contributed by atoms with Crippen LogP contribution in [0.5, 0.6) is 0 Å². The van der Waals surface area contributed by atoms with Gasteiger partial charge in [-0.25, -0.2) is 9.97 Å². The SMILES string of the molecule is CCc1nc(C)nc(Cc2cc(Cc3ccccc3)ccn2)c1C. The molecule has 3 nitrogen and oxygen atoms in total. The highest BCUT2D eigenvalue weighted by molar-refractivity contribution is 5.31. The van der Waals surface area contributed by atoms with Crippen LogP contribution in [-0.4, -0.2) is 15.0 Å². The molecule has 3 heteroatoms. The van der Waals surface area contributed by atoms with E-state index in [1.165, 1.54) is 16.7 Å². The first-order chi connectivity index (χ1) is 11.7. The molecule has 0 spiro atoms. The van der Waals surface area contributed by atoms with Crippen LogP contribution in [0.25, 0.3) is 0 Å². The normalized spacial score (nSPS) is 10.8. The molecule has 0 aliphatic carbocycles. The molecule has 0 radical (unpaired) electrons. The van der Waals surface area contributed by atoms with Crippen molar-refractivity contribution in [1.82, 2.24) is 15.0 Å². The predicted octanol–water partition coefficient (Wildman–Crippen LogP) is 4.23. The Morgan fingerprint density at radius 3 is 2.33 bits per heavy atom. The summed E-state index contributed by atoms with van der Waals surface area (Å²) < 4.78 is 0. The zero-order valence-electron chi connectivity index (χ0n) is 14.6. The van der Waals surface area contributed by atoms with Gasteiger partial charge < -0.3 is 0 Å². The van der Waals surface area contributed by atoms with Gasteiger partial charge in [-0.3, -0.25) is 4.98 Å². The van der Waals surface area contributed by atoms with E-state index in [1.807, 2.05) is 19.2 Å². The molecule has 0 atom stereocenters. The Hall–Kier alpha value is -2.55. The highest BCUT2D eigenvalue weighted by Crippen LogP contribution is 2.16. The van der Waals surface area contributed by atoms with Crippen LogP contribution in [0.4, 0.5) is 0 Å². The molecule has 0 unspecified atom stereocenters. The Kier molecular flexibility index (Phi) is 4.99. The summed E-state index contributed by atoms with van der Waals surface area (Å²) in [5.74, 6) is 0.841. The van der Waals surface area contributed by atoms with Crippen LogP contribution >= 0.6 is 0 Å². The molecule has 122 valence electrons. The van der Waals surface area contributed by atoms with Gasteiger partial charge in [-0.2, -0.15) is 0 Å². The number of hydrogen-bond donors (Lipinski definition) is 0. The minimum atomic E-state index is 0.755. The molecule has 0 fully saturated rings. The average molecular weight is 317 g/mol. The van der Waals surface area contributed by atoms with Gasteiger partial charge >= 0.3 is 0 Å². The van der Waals surface area contributed by atoms with E-state index in [0.717, 1.165) is 42.2 Å². The van der Waals surface area contributed by atoms with Crippen molar-refractivity contribution in [3.8, 4) is 0 Å². The Bertz CT molecular complexity index is 826. The van der Waals surface area contributed by atoms with Crippen molar-refractivity contribution in [2.24, 2.45) is 0 Å². The summed E-state index contributed by atoms with van der Waals surface area (Å²) in [7, 11) is 0. The molecule has 2 heterocycles. The van der Waals surface area contributed by atoms with E-state index in [0.29, 0.717) is 0 Å². The Morgan fingerprint density at radius 2 is 1.58 bits per heavy atom. The second-order valence-electron chi connectivity index (χ2n) is 6.14. The predicted molar refractivity (Wildman–Crippen MR) is 97.2 cm³/mol. The van der Waals surface area contributed by atoms with Gasteiger partial charge in [0, 0.05) is 24.0 Å². The summed E-state index contributed by atoms with van der Waals surface area (Å²) in [4.78, 5) is 13.7. The van der Waals surface area contributed by atoms with Gasteiger partial charge in [-0.15, -0.1) is 0 Å². The number of aryl methyl sites for hydroxylation is 2. The van der Waals surface area contributed by atoms with Crippen LogP contribution in [0.15, 0.2) is 48.7 Å². The first-order valence-corrected chi connectivity index (χ1v) is 8.46. The molecule has 2 aromatic heterocycles. The quantitative estimate of drug-likeness (QED) is 0.707. The average Bonchev–Trinajstić information content (AvgIpc) is 2.59. The van der Waals surface area contributed by atoms with E-state index in [2.05, 4.69) is 65.2 Å². The topological polar surface area (TPSA) is 38.7 Å². The van der Waals surface area contributed by atoms with Crippen molar-refractivity contribution in [2.45, 2.75) is 40.0 Å². The molecule has 0 bridgehead atoms. The van der Waals surface area contributed by atoms with Crippen LogP contribution in [0.3, 0.4) is 0 Å². The molecule has 0 aliphatic heterocycles. The van der Waals surface area contributed by atoms with Crippen LogP contribution in [0.1, 0.15) is 46.5 Å². The lowest BCUT2D eigenvalue weighted by Gasteiger charge is -2.10. The fraction of sp³-hybridized carbons (Fsp3) is 0.286. The van der Waals surface area contributed by atoms with E-state index in [-0.39, 0.29) is 0 Å². The lowest BCUT2D eigenvalue weighted by Crippen LogP contribution is -2.06. The van der Waals surface area contributed by atoms with E-state index in [9.17, 15) is 0 Å². The number of pyridine rings is 1. The highest BCUT2D eigenvalue weighted by Gasteiger charge is 2.10. The third-order valence-electron chi connectivity index (χ3n) is 4.27. The maximum Gasteiger partial charge on any atom is 0.125 e. The second-order valence-corrected chi connectivity index (χ2v) is 6.14. The van der Waals surface area contributed by atoms with Gasteiger partial charge in [-0.05, 0) is 55.5 Å². The highest BCUT2D eigenvalue weighted by atomic mass is 14.9. The van der Waals surface area contributed by atoms with Gasteiger partial charge in [0.05, 0.1) is 5.69 Å². The van der Waals surface area contributed by atoms with Crippen molar-refractivity contribution in [1.29, 1.82) is 0 Å². The third kappa shape index (κ3) is 3.85. The summed E-state index contributed by atoms with van der Waals surface area (Å²) in [5.41, 5.74) is 7.08. The van der Waals surface area contributed by atoms with Gasteiger partial charge in [0.2, 0.25) is 0 Å². The van der Waals surface area contributed by atoms with Crippen LogP contribution in [0, 0.1) is 13.8 Å². The molecule has 0 aliphatic rings. The van der Waals surface area contributed by atoms with E-state index < -0.39 is 0 Å². The number of rotatable bonds is 5. The van der Waals surface area contributed by atoms with E-state index in [1.54, 1.807) is 0 Å². The number of hydrogen-bond acceptors (Lipinski definition) is 3. The molecule has 0 saturated heterocycles. The lowest BCUT2D eigenvalue weighted by molar-refractivity contribution is 0.868. The van der Waals surface area contributed by atoms with E-state index in [4.69, 9.17) is 0 Å². The fourth-order valence-corrected chi connectivity index (χ4v) is 3.00. The van der Waals surface area contributed by atoms with Crippen molar-refractivity contribution in [2.75, 3.05) is 0 Å². The van der Waals surface area contributed by atoms with E-state index >= 15 is 0 Å². The minimum absolute atomic E-state index is 0.755. The Balaban J connectivity index is 1.84. The maximum atomic E-state index is 4.64. The molecule has 0 saturated carbocycles. The van der Waals surface area contributed by atoms with Gasteiger partial charge in [0.25, 0.3) is 0 Å². The van der Waals surface area contributed by atoms with Gasteiger partial charge in [0.15, 0.2) is 0 Å². The number of nitrogens with zero attached hydrogens (tertiary/aromatic N) is 3. The molecular formula is C21H23N3. The standard InChI is InChI=1S/C21H23N3/c1-4-20-15(2)21(24-16(3)23-20)14-19-13-18(10-11-22-19)12-17-8-6-5-7-9-17/h5-11,13H,4,12,14H2,1-3H3. The Morgan fingerprint density at radius 1 is 0.833 bits per heavy atom. The molecule has 0 N–H and O–H groups in total. The van der Waals surface area contributed by atoms with Gasteiger partial charge in [0.1, 0.15) is 5.82 Å². The first kappa shape index (κ1) is 16.3. The molecule has 24 heavy (non-hydrogen) atoms. The van der Waals surface area contributed by atoms with Crippen LogP contribution < -0.4 is 0 Å². The van der Waals surface area contributed by atoms with Gasteiger partial charge in [-0.1, -0.05) is 37.3 Å². The fourth-order valence-electron chi connectivity index (χ4n) is 3.00. The molecule has 0 amide bonds. The third-order valence-corrected chi connectivity index (χ3v) is 4.27. The zero-order chi connectivity index (χ0) is 16.9. The van der Waals surface area contributed by atoms with Crippen molar-refractivity contribution in [3.63, 3.8) is 0 Å². The van der Waals surface area contributed by atoms with Crippen molar-refractivity contribution >= 4 is 0 Å². The number of aromatic nitrogens is 3. The second kappa shape index (κ2) is 7.35. The summed E-state index contributed by atoms with van der Waals surface area (Å²) in [6.45, 7) is 6.21. The molecular weight excluding hydrogens is 294 g/mol. The lowest BCUT2D eigenvalue weighted by atomic mass is 10.0. The monoisotopic (exact) mass is 317 g/mol. The zero-order valence-corrected chi connectivity index (χ0v) is 14.6. The summed E-state index contributed by atoms with van der Waals surface area (Å²) in [6.07, 6.45) is 4.52. The van der Waals surface area contributed by atoms with Crippen LogP contribution in [-0.2, 0) is 19.3 Å². The summed E-state index contributed by atoms with van der Waals surface area (Å²) >= 11 is 0. The Labute approximate surface area is 143 Å². The maximum absolute atomic E-state index is 4.64. The number of benzene rings is 1. The smallest absolute Gasteiger partial charge is 0.125 e. The first-order valence-electron chi connectivity index (χ1n) is 8.46. The summed E-state index contributed by atoms with van der Waals surface area (Å²) in [5, 5.41) is 0. The summed E-state index contributed by atoms with van der Waals surface area (Å²) in [6, 6.07) is 14.8. The largest absolute Gasteiger partial charge is 0.261 e. The van der Waals surface area contributed by atoms with Crippen LogP contribution in [0.2, 0.25) is 0 Å². The molecule has 1 aromatic carbocycles. The molecule has 3 aromatic rings. The van der Waals surface area contributed by atoms with Crippen molar-refractivity contribution < 1.29 is 0 Å². The minimum Gasteiger partial charge on any atom is -0.261 e.